The summed E-state index contributed by atoms with van der Waals surface area (Å²) in [6.07, 6.45) is -28.7. The lowest BCUT2D eigenvalue weighted by Crippen LogP contribution is -2.67. The molecule has 0 radical (unpaired) electrons. The van der Waals surface area contributed by atoms with E-state index < -0.39 is 157 Å². The lowest BCUT2D eigenvalue weighted by molar-refractivity contribution is -0.389. The molecule has 0 saturated carbocycles. The van der Waals surface area contributed by atoms with Crippen LogP contribution in [0, 0.1) is 0 Å². The van der Waals surface area contributed by atoms with Gasteiger partial charge in [0.15, 0.2) is 35.9 Å². The molecular formula is C33H40O22. The standard InChI is InChI=1S/C33H40O22/c34-6-15-19(41)23(45)26(48)31(50-15)54-29-24(46)20(42)17(8-36)52-33(29)55-30-25(47)21(43)16(7-35)51-32(30)53-28-22(44)18-13(40)4-10(37)5-14(18)49-27(28)9-1-2-11(38)12(39)3-9/h1-5,15-17,19-21,23-26,29-43,45-48H,6-8H2/t15?,16?,17?,19-,20-,21-,23?,24?,25?,26?,29?,30?,31+,32+,33+/m1/s1. The summed E-state index contributed by atoms with van der Waals surface area (Å²) >= 11 is 0. The molecule has 6 rings (SSSR count). The van der Waals surface area contributed by atoms with Gasteiger partial charge >= 0.3 is 0 Å². The molecule has 0 aliphatic carbocycles. The van der Waals surface area contributed by atoms with Gasteiger partial charge in [-0.05, 0) is 18.2 Å². The van der Waals surface area contributed by atoms with E-state index in [1.165, 1.54) is 6.07 Å². The number of benzene rings is 2. The fraction of sp³-hybridized carbons (Fsp3) is 0.545. The number of phenolic OH excluding ortho intramolecular Hbond substituents is 4. The van der Waals surface area contributed by atoms with Gasteiger partial charge in [0.05, 0.1) is 19.8 Å². The van der Waals surface area contributed by atoms with Gasteiger partial charge in [-0.1, -0.05) is 0 Å². The highest BCUT2D eigenvalue weighted by atomic mass is 16.8. The van der Waals surface area contributed by atoms with Gasteiger partial charge in [-0.2, -0.15) is 0 Å². The summed E-state index contributed by atoms with van der Waals surface area (Å²) in [4.78, 5) is 14.0. The van der Waals surface area contributed by atoms with Crippen LogP contribution in [-0.4, -0.2) is 183 Å². The average molecular weight is 789 g/mol. The van der Waals surface area contributed by atoms with Gasteiger partial charge in [-0.25, -0.2) is 0 Å². The van der Waals surface area contributed by atoms with E-state index in [0.29, 0.717) is 0 Å². The fourth-order valence-corrected chi connectivity index (χ4v) is 6.44. The molecule has 1 aromatic heterocycles. The fourth-order valence-electron chi connectivity index (χ4n) is 6.44. The molecule has 2 aromatic carbocycles. The minimum Gasteiger partial charge on any atom is -0.508 e. The second kappa shape index (κ2) is 16.3. The minimum atomic E-state index is -2.12. The van der Waals surface area contributed by atoms with Crippen LogP contribution in [0.5, 0.6) is 28.7 Å². The zero-order valence-corrected chi connectivity index (χ0v) is 28.2. The van der Waals surface area contributed by atoms with Gasteiger partial charge in [-0.3, -0.25) is 4.79 Å². The highest BCUT2D eigenvalue weighted by Gasteiger charge is 2.54. The van der Waals surface area contributed by atoms with Crippen LogP contribution >= 0.6 is 0 Å². The molecule has 22 heteroatoms. The van der Waals surface area contributed by atoms with Crippen molar-refractivity contribution in [2.75, 3.05) is 19.8 Å². The molecular weight excluding hydrogens is 748 g/mol. The summed E-state index contributed by atoms with van der Waals surface area (Å²) in [7, 11) is 0. The maximum atomic E-state index is 14.0. The summed E-state index contributed by atoms with van der Waals surface area (Å²) in [5.74, 6) is -3.88. The Morgan fingerprint density at radius 1 is 0.564 bits per heavy atom. The van der Waals surface area contributed by atoms with E-state index in [4.69, 9.17) is 32.8 Å². The highest BCUT2D eigenvalue weighted by molar-refractivity contribution is 5.88. The van der Waals surface area contributed by atoms with E-state index in [1.54, 1.807) is 0 Å². The topological polar surface area (TPSA) is 369 Å². The first-order valence-electron chi connectivity index (χ1n) is 16.7. The van der Waals surface area contributed by atoms with E-state index in [2.05, 4.69) is 0 Å². The number of fused-ring (bicyclic) bond motifs is 1. The van der Waals surface area contributed by atoms with Crippen molar-refractivity contribution in [3.63, 3.8) is 0 Å². The van der Waals surface area contributed by atoms with Crippen LogP contribution in [0.2, 0.25) is 0 Å². The molecule has 3 fully saturated rings. The van der Waals surface area contributed by atoms with E-state index >= 15 is 0 Å². The van der Waals surface area contributed by atoms with Crippen LogP contribution in [0.15, 0.2) is 39.5 Å². The molecule has 304 valence electrons. The van der Waals surface area contributed by atoms with Crippen LogP contribution in [0.3, 0.4) is 0 Å². The number of rotatable bonds is 10. The SMILES string of the molecule is O=c1c(O[C@@H]2OC(CO)[C@@H](O)C(O)C2O[C@@H]2OC(CO)[C@@H](O)C(O)C2O[C@@H]2OC(CO)[C@@H](O)C(O)C2O)c(-c2ccc(O)c(O)c2)oc2cc(O)cc(O)c12. The molecule has 3 saturated heterocycles. The van der Waals surface area contributed by atoms with Gasteiger partial charge in [-0.15, -0.1) is 0 Å². The quantitative estimate of drug-likeness (QED) is 0.0856. The third-order valence-corrected chi connectivity index (χ3v) is 9.47. The van der Waals surface area contributed by atoms with Crippen molar-refractivity contribution in [2.45, 2.75) is 92.1 Å². The van der Waals surface area contributed by atoms with Crippen LogP contribution in [0.25, 0.3) is 22.3 Å². The summed E-state index contributed by atoms with van der Waals surface area (Å²) in [5.41, 5.74) is -1.66. The minimum absolute atomic E-state index is 0.133. The Bertz CT molecular complexity index is 1870. The van der Waals surface area contributed by atoms with Gasteiger partial charge < -0.3 is 104 Å². The van der Waals surface area contributed by atoms with Gasteiger partial charge in [0.1, 0.15) is 89.6 Å². The smallest absolute Gasteiger partial charge is 0.239 e. The van der Waals surface area contributed by atoms with Crippen molar-refractivity contribution in [1.29, 1.82) is 0 Å². The van der Waals surface area contributed by atoms with E-state index in [-0.39, 0.29) is 11.1 Å². The normalized spacial score (nSPS) is 36.9. The molecule has 0 amide bonds. The van der Waals surface area contributed by atoms with Crippen LogP contribution in [0.4, 0.5) is 0 Å². The van der Waals surface area contributed by atoms with Crippen molar-refractivity contribution in [3.05, 3.63) is 40.6 Å². The van der Waals surface area contributed by atoms with Gasteiger partial charge in [0.25, 0.3) is 0 Å². The van der Waals surface area contributed by atoms with Crippen molar-refractivity contribution in [1.82, 2.24) is 0 Å². The van der Waals surface area contributed by atoms with Crippen LogP contribution in [0.1, 0.15) is 0 Å². The van der Waals surface area contributed by atoms with Crippen LogP contribution in [-0.2, 0) is 23.7 Å². The molecule has 4 heterocycles. The zero-order valence-electron chi connectivity index (χ0n) is 28.2. The first kappa shape index (κ1) is 40.7. The molecule has 0 bridgehead atoms. The van der Waals surface area contributed by atoms with Crippen LogP contribution < -0.4 is 10.2 Å². The molecule has 3 aliphatic heterocycles. The number of ether oxygens (including phenoxy) is 6. The second-order valence-corrected chi connectivity index (χ2v) is 13.1. The molecule has 14 N–H and O–H groups in total. The van der Waals surface area contributed by atoms with E-state index in [9.17, 15) is 76.3 Å². The molecule has 3 aliphatic rings. The number of hydrogen-bond acceptors (Lipinski definition) is 22. The molecule has 15 atom stereocenters. The molecule has 3 aromatic rings. The highest BCUT2D eigenvalue weighted by Crippen LogP contribution is 2.40. The maximum absolute atomic E-state index is 14.0. The summed E-state index contributed by atoms with van der Waals surface area (Å²) in [6, 6.07) is 4.95. The Hall–Kier alpha value is -3.95. The van der Waals surface area contributed by atoms with Crippen molar-refractivity contribution < 1.29 is 104 Å². The van der Waals surface area contributed by atoms with E-state index in [0.717, 1.165) is 24.3 Å². The maximum Gasteiger partial charge on any atom is 0.239 e. The lowest BCUT2D eigenvalue weighted by Gasteiger charge is -2.48. The molecule has 22 nitrogen and oxygen atoms in total. The summed E-state index contributed by atoms with van der Waals surface area (Å²) in [6.45, 7) is -2.76. The lowest BCUT2D eigenvalue weighted by atomic mass is 9.96. The summed E-state index contributed by atoms with van der Waals surface area (Å²) in [5, 5.41) is 145. The van der Waals surface area contributed by atoms with Crippen molar-refractivity contribution in [3.8, 4) is 40.1 Å². The largest absolute Gasteiger partial charge is 0.508 e. The number of aromatic hydroxyl groups is 4. The van der Waals surface area contributed by atoms with Gasteiger partial charge in [0, 0.05) is 17.7 Å². The first-order chi connectivity index (χ1) is 26.1. The third-order valence-electron chi connectivity index (χ3n) is 9.47. The molecule has 9 unspecified atom stereocenters. The van der Waals surface area contributed by atoms with Crippen molar-refractivity contribution >= 4 is 11.0 Å². The second-order valence-electron chi connectivity index (χ2n) is 13.1. The predicted molar refractivity (Wildman–Crippen MR) is 174 cm³/mol. The van der Waals surface area contributed by atoms with Crippen molar-refractivity contribution in [2.24, 2.45) is 0 Å². The predicted octanol–water partition coefficient (Wildman–Crippen LogP) is -4.89. The summed E-state index contributed by atoms with van der Waals surface area (Å²) < 4.78 is 40.0. The van der Waals surface area contributed by atoms with Gasteiger partial charge in [0.2, 0.25) is 17.5 Å². The van der Waals surface area contributed by atoms with E-state index in [1.807, 2.05) is 0 Å². The number of hydrogen-bond donors (Lipinski definition) is 14. The number of aliphatic hydroxyl groups is 10. The molecule has 55 heavy (non-hydrogen) atoms. The average Bonchev–Trinajstić information content (AvgIpc) is 3.15. The Morgan fingerprint density at radius 2 is 1.09 bits per heavy atom. The zero-order chi connectivity index (χ0) is 40.0. The number of phenols is 4. The third kappa shape index (κ3) is 7.63. The Morgan fingerprint density at radius 3 is 1.67 bits per heavy atom. The number of aliphatic hydroxyl groups excluding tert-OH is 10. The first-order valence-corrected chi connectivity index (χ1v) is 16.7. The Balaban J connectivity index is 1.41. The molecule has 0 spiro atoms. The Kier molecular flexibility index (Phi) is 12.0. The Labute approximate surface area is 307 Å². The monoisotopic (exact) mass is 788 g/mol.